The molecule has 1 aromatic heterocycles. The van der Waals surface area contributed by atoms with Gasteiger partial charge >= 0.3 is 0 Å². The topological polar surface area (TPSA) is 58.8 Å². The lowest BCUT2D eigenvalue weighted by atomic mass is 10.1. The third-order valence-corrected chi connectivity index (χ3v) is 7.03. The van der Waals surface area contributed by atoms with Crippen molar-refractivity contribution in [3.63, 3.8) is 0 Å². The molecule has 0 bridgehead atoms. The molecule has 0 N–H and O–H groups in total. The van der Waals surface area contributed by atoms with Crippen LogP contribution in [0.25, 0.3) is 11.1 Å². The van der Waals surface area contributed by atoms with E-state index in [1.807, 2.05) is 72.5 Å². The van der Waals surface area contributed by atoms with Gasteiger partial charge in [-0.2, -0.15) is 0 Å². The van der Waals surface area contributed by atoms with Crippen molar-refractivity contribution < 1.29 is 13.9 Å². The van der Waals surface area contributed by atoms with Gasteiger partial charge < -0.3 is 19.0 Å². The fourth-order valence-electron chi connectivity index (χ4n) is 4.29. The molecule has 4 aromatic rings. The first-order valence-electron chi connectivity index (χ1n) is 11.4. The van der Waals surface area contributed by atoms with Gasteiger partial charge in [0.25, 0.3) is 11.1 Å². The Kier molecular flexibility index (Phi) is 6.45. The average Bonchev–Trinajstić information content (AvgIpc) is 3.32. The highest BCUT2D eigenvalue weighted by molar-refractivity contribution is 7.98. The quantitative estimate of drug-likeness (QED) is 0.350. The molecule has 0 saturated carbocycles. The minimum Gasteiger partial charge on any atom is -0.495 e. The summed E-state index contributed by atoms with van der Waals surface area (Å²) >= 11 is 1.54. The van der Waals surface area contributed by atoms with E-state index in [4.69, 9.17) is 9.15 Å². The van der Waals surface area contributed by atoms with Crippen LogP contribution in [0.2, 0.25) is 0 Å². The van der Waals surface area contributed by atoms with Crippen LogP contribution < -0.4 is 9.64 Å². The number of carbonyl (C=O) groups excluding carboxylic acids is 1. The zero-order chi connectivity index (χ0) is 23.5. The van der Waals surface area contributed by atoms with E-state index in [0.717, 1.165) is 52.3 Å². The van der Waals surface area contributed by atoms with Gasteiger partial charge in [0.05, 0.1) is 12.8 Å². The Labute approximate surface area is 203 Å². The van der Waals surface area contributed by atoms with E-state index in [1.165, 1.54) is 0 Å². The van der Waals surface area contributed by atoms with Gasteiger partial charge in [-0.1, -0.05) is 48.2 Å². The zero-order valence-corrected chi connectivity index (χ0v) is 20.2. The number of nitrogens with zero attached hydrogens (tertiary/aromatic N) is 3. The zero-order valence-electron chi connectivity index (χ0n) is 19.4. The molecule has 1 saturated heterocycles. The van der Waals surface area contributed by atoms with E-state index in [9.17, 15) is 4.79 Å². The van der Waals surface area contributed by atoms with Gasteiger partial charge in [0.15, 0.2) is 5.58 Å². The van der Waals surface area contributed by atoms with Crippen molar-refractivity contribution in [1.29, 1.82) is 0 Å². The fourth-order valence-corrected chi connectivity index (χ4v) is 5.07. The minimum absolute atomic E-state index is 0.0732. The molecule has 2 heterocycles. The number of thioether (sulfide) groups is 1. The molecule has 1 aliphatic rings. The highest BCUT2D eigenvalue weighted by Gasteiger charge is 2.24. The predicted molar refractivity (Wildman–Crippen MR) is 136 cm³/mol. The lowest BCUT2D eigenvalue weighted by molar-refractivity contribution is 0.0746. The summed E-state index contributed by atoms with van der Waals surface area (Å²) in [5.74, 6) is 1.62. The van der Waals surface area contributed by atoms with Crippen molar-refractivity contribution in [2.75, 3.05) is 38.2 Å². The Morgan fingerprint density at radius 2 is 1.82 bits per heavy atom. The summed E-state index contributed by atoms with van der Waals surface area (Å²) in [5, 5.41) is 0.647. The molecule has 6 nitrogen and oxygen atoms in total. The first-order valence-corrected chi connectivity index (χ1v) is 12.4. The Hall–Kier alpha value is -3.45. The van der Waals surface area contributed by atoms with Crippen molar-refractivity contribution in [3.05, 3.63) is 83.4 Å². The lowest BCUT2D eigenvalue weighted by Crippen LogP contribution is -2.48. The largest absolute Gasteiger partial charge is 0.495 e. The number of aromatic nitrogens is 1. The van der Waals surface area contributed by atoms with Gasteiger partial charge in [-0.05, 0) is 48.4 Å². The predicted octanol–water partition coefficient (Wildman–Crippen LogP) is 5.40. The number of rotatable bonds is 6. The van der Waals surface area contributed by atoms with Crippen LogP contribution in [0.3, 0.4) is 0 Å². The van der Waals surface area contributed by atoms with Crippen LogP contribution in [0, 0.1) is 6.92 Å². The monoisotopic (exact) mass is 473 g/mol. The summed E-state index contributed by atoms with van der Waals surface area (Å²) in [7, 11) is 1.69. The summed E-state index contributed by atoms with van der Waals surface area (Å²) in [6, 6.07) is 21.8. The number of hydrogen-bond donors (Lipinski definition) is 0. The van der Waals surface area contributed by atoms with Crippen LogP contribution in [0.15, 0.2) is 76.4 Å². The number of benzene rings is 3. The van der Waals surface area contributed by atoms with Crippen molar-refractivity contribution in [2.45, 2.75) is 17.9 Å². The van der Waals surface area contributed by atoms with Gasteiger partial charge in [-0.25, -0.2) is 4.98 Å². The second kappa shape index (κ2) is 9.81. The van der Waals surface area contributed by atoms with E-state index in [0.29, 0.717) is 24.1 Å². The first kappa shape index (κ1) is 22.3. The van der Waals surface area contributed by atoms with E-state index in [1.54, 1.807) is 18.9 Å². The normalized spacial score (nSPS) is 13.9. The number of oxazole rings is 1. The number of amides is 1. The SMILES string of the molecule is COc1ccccc1N1CCN(C(=O)c2cccc(CSc3nc4c(C)cccc4o3)c2)CC1. The van der Waals surface area contributed by atoms with E-state index in [-0.39, 0.29) is 5.91 Å². The third kappa shape index (κ3) is 4.61. The maximum Gasteiger partial charge on any atom is 0.257 e. The summed E-state index contributed by atoms with van der Waals surface area (Å²) in [4.78, 5) is 22.0. The number of para-hydroxylation sites is 3. The Balaban J connectivity index is 1.22. The number of fused-ring (bicyclic) bond motifs is 1. The maximum atomic E-state index is 13.2. The summed E-state index contributed by atoms with van der Waals surface area (Å²) in [6.07, 6.45) is 0. The Morgan fingerprint density at radius 1 is 1.03 bits per heavy atom. The second-order valence-electron chi connectivity index (χ2n) is 8.34. The average molecular weight is 474 g/mol. The standard InChI is InChI=1S/C27H27N3O3S/c1-19-7-5-12-24-25(19)28-27(33-24)34-18-20-8-6-9-21(17-20)26(31)30-15-13-29(14-16-30)22-10-3-4-11-23(22)32-2/h3-12,17H,13-16,18H2,1-2H3. The minimum atomic E-state index is 0.0732. The lowest BCUT2D eigenvalue weighted by Gasteiger charge is -2.36. The van der Waals surface area contributed by atoms with Crippen molar-refractivity contribution >= 4 is 34.5 Å². The van der Waals surface area contributed by atoms with Crippen molar-refractivity contribution in [2.24, 2.45) is 0 Å². The highest BCUT2D eigenvalue weighted by atomic mass is 32.2. The smallest absolute Gasteiger partial charge is 0.257 e. The summed E-state index contributed by atoms with van der Waals surface area (Å²) in [6.45, 7) is 4.94. The summed E-state index contributed by atoms with van der Waals surface area (Å²) in [5.41, 5.74) is 5.68. The Bertz CT molecular complexity index is 1310. The van der Waals surface area contributed by atoms with Crippen LogP contribution in [0.4, 0.5) is 5.69 Å². The van der Waals surface area contributed by atoms with Crippen LogP contribution in [0.5, 0.6) is 5.75 Å². The number of aryl methyl sites for hydroxylation is 1. The van der Waals surface area contributed by atoms with Crippen molar-refractivity contribution in [1.82, 2.24) is 9.88 Å². The van der Waals surface area contributed by atoms with E-state index in [2.05, 4.69) is 16.0 Å². The van der Waals surface area contributed by atoms with Gasteiger partial charge in [0.1, 0.15) is 11.3 Å². The van der Waals surface area contributed by atoms with Gasteiger partial charge in [0, 0.05) is 37.5 Å². The molecule has 0 unspecified atom stereocenters. The molecule has 0 radical (unpaired) electrons. The molecular formula is C27H27N3O3S. The van der Waals surface area contributed by atoms with E-state index < -0.39 is 0 Å². The molecule has 5 rings (SSSR count). The second-order valence-corrected chi connectivity index (χ2v) is 9.27. The Morgan fingerprint density at radius 3 is 2.62 bits per heavy atom. The number of piperazine rings is 1. The van der Waals surface area contributed by atoms with Gasteiger partial charge in [-0.3, -0.25) is 4.79 Å². The molecule has 7 heteroatoms. The highest BCUT2D eigenvalue weighted by Crippen LogP contribution is 2.30. The van der Waals surface area contributed by atoms with Crippen LogP contribution in [-0.2, 0) is 5.75 Å². The molecule has 174 valence electrons. The van der Waals surface area contributed by atoms with Crippen molar-refractivity contribution in [3.8, 4) is 5.75 Å². The first-order chi connectivity index (χ1) is 16.6. The van der Waals surface area contributed by atoms with Crippen LogP contribution in [0.1, 0.15) is 21.5 Å². The fraction of sp³-hybridized carbons (Fsp3) is 0.259. The number of hydrogen-bond acceptors (Lipinski definition) is 6. The number of carbonyl (C=O) groups is 1. The molecule has 1 fully saturated rings. The molecule has 0 atom stereocenters. The molecule has 3 aromatic carbocycles. The molecular weight excluding hydrogens is 446 g/mol. The number of methoxy groups -OCH3 is 1. The van der Waals surface area contributed by atoms with E-state index >= 15 is 0 Å². The molecule has 34 heavy (non-hydrogen) atoms. The number of anilines is 1. The van der Waals surface area contributed by atoms with Crippen LogP contribution >= 0.6 is 11.8 Å². The van der Waals surface area contributed by atoms with Gasteiger partial charge in [0.2, 0.25) is 0 Å². The molecule has 1 amide bonds. The number of ether oxygens (including phenoxy) is 1. The molecule has 0 aliphatic carbocycles. The van der Waals surface area contributed by atoms with Gasteiger partial charge in [-0.15, -0.1) is 0 Å². The third-order valence-electron chi connectivity index (χ3n) is 6.13. The molecule has 1 aliphatic heterocycles. The molecule has 0 spiro atoms. The maximum absolute atomic E-state index is 13.2. The summed E-state index contributed by atoms with van der Waals surface area (Å²) < 4.78 is 11.4. The van der Waals surface area contributed by atoms with Crippen LogP contribution in [-0.4, -0.2) is 49.1 Å².